The van der Waals surface area contributed by atoms with Gasteiger partial charge in [-0.25, -0.2) is 0 Å². The van der Waals surface area contributed by atoms with Gasteiger partial charge in [-0.05, 0) is 37.1 Å². The van der Waals surface area contributed by atoms with Gasteiger partial charge < -0.3 is 9.30 Å². The van der Waals surface area contributed by atoms with Crippen molar-refractivity contribution in [2.24, 2.45) is 7.05 Å². The summed E-state index contributed by atoms with van der Waals surface area (Å²) in [4.78, 5) is 12.1. The Labute approximate surface area is 175 Å². The average molecular weight is 439 g/mol. The molecular formula is C17H19ClN6O2S2. The van der Waals surface area contributed by atoms with Gasteiger partial charge >= 0.3 is 0 Å². The Morgan fingerprint density at radius 1 is 1.32 bits per heavy atom. The number of hydrogen-bond acceptors (Lipinski definition) is 8. The maximum atomic E-state index is 12.1. The second kappa shape index (κ2) is 9.35. The Hall–Kier alpha value is -2.17. The highest BCUT2D eigenvalue weighted by molar-refractivity contribution is 7.99. The van der Waals surface area contributed by atoms with E-state index in [1.807, 2.05) is 37.6 Å². The minimum Gasteiger partial charge on any atom is -0.485 e. The normalized spacial score (nSPS) is 10.9. The zero-order chi connectivity index (χ0) is 20.1. The molecule has 1 aromatic carbocycles. The molecule has 3 aromatic rings. The summed E-state index contributed by atoms with van der Waals surface area (Å²) in [5.74, 6) is 1.43. The van der Waals surface area contributed by atoms with Crippen LogP contribution in [0.25, 0.3) is 0 Å². The SMILES string of the molecule is CCc1nnc(NC(=O)CSc2nnc(COc3ccc(Cl)cc3C)n2C)s1. The molecule has 11 heteroatoms. The molecule has 0 atom stereocenters. The number of amides is 1. The standard InChI is InChI=1S/C17H19ClN6O2S2/c1-4-15-21-22-16(28-15)19-14(25)9-27-17-23-20-13(24(17)3)8-26-12-6-5-11(18)7-10(12)2/h5-7H,4,8-9H2,1-3H3,(H,19,22,25). The third-order valence-electron chi connectivity index (χ3n) is 3.77. The lowest BCUT2D eigenvalue weighted by Crippen LogP contribution is -2.14. The molecule has 0 aliphatic heterocycles. The molecule has 0 aliphatic carbocycles. The molecule has 3 rings (SSSR count). The van der Waals surface area contributed by atoms with E-state index in [-0.39, 0.29) is 18.3 Å². The van der Waals surface area contributed by atoms with E-state index in [9.17, 15) is 4.79 Å². The lowest BCUT2D eigenvalue weighted by Gasteiger charge is -2.09. The Morgan fingerprint density at radius 3 is 2.86 bits per heavy atom. The van der Waals surface area contributed by atoms with Gasteiger partial charge in [-0.1, -0.05) is 41.6 Å². The van der Waals surface area contributed by atoms with E-state index in [1.54, 1.807) is 6.07 Å². The molecule has 28 heavy (non-hydrogen) atoms. The highest BCUT2D eigenvalue weighted by Gasteiger charge is 2.14. The number of carbonyl (C=O) groups is 1. The molecule has 8 nitrogen and oxygen atoms in total. The van der Waals surface area contributed by atoms with E-state index in [0.29, 0.717) is 21.1 Å². The van der Waals surface area contributed by atoms with Crippen LogP contribution in [0, 0.1) is 6.92 Å². The number of aromatic nitrogens is 5. The topological polar surface area (TPSA) is 94.8 Å². The minimum atomic E-state index is -0.165. The molecule has 1 amide bonds. The minimum absolute atomic E-state index is 0.165. The molecule has 0 unspecified atom stereocenters. The van der Waals surface area contributed by atoms with Crippen LogP contribution in [-0.4, -0.2) is 36.6 Å². The Bertz CT molecular complexity index is 974. The van der Waals surface area contributed by atoms with Crippen molar-refractivity contribution in [2.75, 3.05) is 11.1 Å². The summed E-state index contributed by atoms with van der Waals surface area (Å²) in [6.45, 7) is 4.19. The highest BCUT2D eigenvalue weighted by atomic mass is 35.5. The second-order valence-electron chi connectivity index (χ2n) is 5.85. The van der Waals surface area contributed by atoms with E-state index in [0.717, 1.165) is 22.7 Å². The van der Waals surface area contributed by atoms with Crippen molar-refractivity contribution in [3.63, 3.8) is 0 Å². The van der Waals surface area contributed by atoms with Crippen LogP contribution in [0.3, 0.4) is 0 Å². The molecule has 0 spiro atoms. The quantitative estimate of drug-likeness (QED) is 0.537. The molecular weight excluding hydrogens is 420 g/mol. The Balaban J connectivity index is 1.53. The number of nitrogens with one attached hydrogen (secondary N) is 1. The lowest BCUT2D eigenvalue weighted by atomic mass is 10.2. The summed E-state index contributed by atoms with van der Waals surface area (Å²) in [7, 11) is 1.84. The van der Waals surface area contributed by atoms with Crippen LogP contribution in [0.4, 0.5) is 5.13 Å². The van der Waals surface area contributed by atoms with E-state index in [1.165, 1.54) is 23.1 Å². The third kappa shape index (κ3) is 5.21. The molecule has 0 radical (unpaired) electrons. The predicted octanol–water partition coefficient (Wildman–Crippen LogP) is 3.50. The van der Waals surface area contributed by atoms with E-state index < -0.39 is 0 Å². The van der Waals surface area contributed by atoms with Gasteiger partial charge in [-0.2, -0.15) is 0 Å². The summed E-state index contributed by atoms with van der Waals surface area (Å²) < 4.78 is 7.61. The molecule has 1 N–H and O–H groups in total. The molecule has 0 saturated carbocycles. The zero-order valence-corrected chi connectivity index (χ0v) is 18.0. The fourth-order valence-corrected chi connectivity index (χ4v) is 3.90. The molecule has 0 fully saturated rings. The van der Waals surface area contributed by atoms with Crippen molar-refractivity contribution in [1.29, 1.82) is 0 Å². The molecule has 2 aromatic heterocycles. The van der Waals surface area contributed by atoms with Crippen LogP contribution in [0.15, 0.2) is 23.4 Å². The van der Waals surface area contributed by atoms with Crippen molar-refractivity contribution in [3.05, 3.63) is 39.6 Å². The number of nitrogens with zero attached hydrogens (tertiary/aromatic N) is 5. The fourth-order valence-electron chi connectivity index (χ4n) is 2.25. The van der Waals surface area contributed by atoms with Gasteiger partial charge in [0.25, 0.3) is 0 Å². The number of hydrogen-bond donors (Lipinski definition) is 1. The van der Waals surface area contributed by atoms with Gasteiger partial charge in [0.2, 0.25) is 11.0 Å². The number of aryl methyl sites for hydroxylation is 2. The first kappa shape index (κ1) is 20.6. The van der Waals surface area contributed by atoms with Crippen LogP contribution in [0.1, 0.15) is 23.3 Å². The molecule has 0 bridgehead atoms. The first-order valence-electron chi connectivity index (χ1n) is 8.48. The Morgan fingerprint density at radius 2 is 2.14 bits per heavy atom. The highest BCUT2D eigenvalue weighted by Crippen LogP contribution is 2.23. The summed E-state index contributed by atoms with van der Waals surface area (Å²) in [5.41, 5.74) is 0.948. The summed E-state index contributed by atoms with van der Waals surface area (Å²) in [6, 6.07) is 5.45. The fraction of sp³-hybridized carbons (Fsp3) is 0.353. The Kier molecular flexibility index (Phi) is 6.87. The van der Waals surface area contributed by atoms with Crippen molar-refractivity contribution >= 4 is 45.7 Å². The van der Waals surface area contributed by atoms with Gasteiger partial charge in [-0.3, -0.25) is 10.1 Å². The first-order chi connectivity index (χ1) is 13.5. The van der Waals surface area contributed by atoms with Crippen LogP contribution in [0.2, 0.25) is 5.02 Å². The van der Waals surface area contributed by atoms with E-state index >= 15 is 0 Å². The molecule has 0 saturated heterocycles. The van der Waals surface area contributed by atoms with Gasteiger partial charge in [0.05, 0.1) is 5.75 Å². The van der Waals surface area contributed by atoms with Gasteiger partial charge in [-0.15, -0.1) is 20.4 Å². The number of carbonyl (C=O) groups excluding carboxylic acids is 1. The number of anilines is 1. The third-order valence-corrected chi connectivity index (χ3v) is 6.01. The molecule has 2 heterocycles. The van der Waals surface area contributed by atoms with E-state index in [4.69, 9.17) is 16.3 Å². The number of halogens is 1. The van der Waals surface area contributed by atoms with Crippen LogP contribution in [-0.2, 0) is 24.9 Å². The summed E-state index contributed by atoms with van der Waals surface area (Å²) in [5, 5.41) is 21.6. The van der Waals surface area contributed by atoms with Crippen molar-refractivity contribution in [1.82, 2.24) is 25.0 Å². The van der Waals surface area contributed by atoms with Gasteiger partial charge in [0.15, 0.2) is 11.0 Å². The van der Waals surface area contributed by atoms with Crippen molar-refractivity contribution in [2.45, 2.75) is 32.0 Å². The van der Waals surface area contributed by atoms with Crippen LogP contribution < -0.4 is 10.1 Å². The summed E-state index contributed by atoms with van der Waals surface area (Å²) >= 11 is 8.63. The number of benzene rings is 1. The molecule has 0 aliphatic rings. The van der Waals surface area contributed by atoms with Crippen molar-refractivity contribution in [3.8, 4) is 5.75 Å². The second-order valence-corrected chi connectivity index (χ2v) is 8.29. The van der Waals surface area contributed by atoms with Gasteiger partial charge in [0.1, 0.15) is 17.4 Å². The monoisotopic (exact) mass is 438 g/mol. The molecule has 148 valence electrons. The zero-order valence-electron chi connectivity index (χ0n) is 15.6. The van der Waals surface area contributed by atoms with Crippen LogP contribution in [0.5, 0.6) is 5.75 Å². The maximum absolute atomic E-state index is 12.1. The maximum Gasteiger partial charge on any atom is 0.236 e. The number of ether oxygens (including phenoxy) is 1. The van der Waals surface area contributed by atoms with Crippen LogP contribution >= 0.6 is 34.7 Å². The number of thioether (sulfide) groups is 1. The smallest absolute Gasteiger partial charge is 0.236 e. The average Bonchev–Trinajstić information content (AvgIpc) is 3.26. The predicted molar refractivity (Wildman–Crippen MR) is 110 cm³/mol. The van der Waals surface area contributed by atoms with E-state index in [2.05, 4.69) is 25.7 Å². The summed E-state index contributed by atoms with van der Waals surface area (Å²) in [6.07, 6.45) is 0.793. The first-order valence-corrected chi connectivity index (χ1v) is 10.7. The van der Waals surface area contributed by atoms with Gasteiger partial charge in [0, 0.05) is 12.1 Å². The number of rotatable bonds is 8. The largest absolute Gasteiger partial charge is 0.485 e. The lowest BCUT2D eigenvalue weighted by molar-refractivity contribution is -0.113. The van der Waals surface area contributed by atoms with Crippen molar-refractivity contribution < 1.29 is 9.53 Å².